The van der Waals surface area contributed by atoms with Crippen molar-refractivity contribution in [3.63, 3.8) is 0 Å². The Morgan fingerprint density at radius 2 is 1.12 bits per heavy atom. The van der Waals surface area contributed by atoms with Crippen LogP contribution in [0.5, 0.6) is 0 Å². The summed E-state index contributed by atoms with van der Waals surface area (Å²) in [5.41, 5.74) is 5.27. The molecule has 0 bridgehead atoms. The Kier molecular flexibility index (Phi) is 5.49. The highest BCUT2D eigenvalue weighted by Crippen LogP contribution is 2.30. The van der Waals surface area contributed by atoms with Gasteiger partial charge in [-0.2, -0.15) is 20.5 Å². The zero-order valence-electron chi connectivity index (χ0n) is 15.2. The topological polar surface area (TPSA) is 52.7 Å². The van der Waals surface area contributed by atoms with Crippen LogP contribution >= 0.6 is 0 Å². The minimum absolute atomic E-state index is 0.784. The van der Waals surface area contributed by atoms with E-state index in [1.165, 1.54) is 0 Å². The summed E-state index contributed by atoms with van der Waals surface area (Å²) in [5.74, 6) is 0. The van der Waals surface area contributed by atoms with Crippen LogP contribution in [-0.4, -0.2) is 14.1 Å². The molecule has 0 saturated carbocycles. The highest BCUT2D eigenvalue weighted by molar-refractivity contribution is 5.59. The van der Waals surface area contributed by atoms with Crippen molar-refractivity contribution < 1.29 is 0 Å². The standard InChI is InChI=1S/C21H21N5/c1-16-20(24-22-17-8-5-4-6-9-17)10-7-11-21(16)25-23-18-12-14-19(15-13-18)26(2)3/h4-15H,1-3H3. The van der Waals surface area contributed by atoms with Crippen LogP contribution in [0.15, 0.2) is 93.3 Å². The first-order valence-electron chi connectivity index (χ1n) is 8.39. The summed E-state index contributed by atoms with van der Waals surface area (Å²) < 4.78 is 0. The minimum Gasteiger partial charge on any atom is -0.378 e. The summed E-state index contributed by atoms with van der Waals surface area (Å²) >= 11 is 0. The fourth-order valence-corrected chi connectivity index (χ4v) is 2.36. The molecule has 3 aromatic carbocycles. The van der Waals surface area contributed by atoms with Gasteiger partial charge in [-0.05, 0) is 55.5 Å². The van der Waals surface area contributed by atoms with Gasteiger partial charge >= 0.3 is 0 Å². The lowest BCUT2D eigenvalue weighted by Crippen LogP contribution is -2.07. The number of nitrogens with zero attached hydrogens (tertiary/aromatic N) is 5. The molecule has 0 saturated heterocycles. The van der Waals surface area contributed by atoms with Crippen molar-refractivity contribution in [1.82, 2.24) is 0 Å². The monoisotopic (exact) mass is 343 g/mol. The quantitative estimate of drug-likeness (QED) is 0.465. The maximum atomic E-state index is 4.38. The van der Waals surface area contributed by atoms with E-state index in [0.717, 1.165) is 34.0 Å². The molecule has 5 nitrogen and oxygen atoms in total. The molecule has 5 heteroatoms. The second-order valence-electron chi connectivity index (χ2n) is 6.07. The maximum absolute atomic E-state index is 4.38. The third-order valence-electron chi connectivity index (χ3n) is 3.95. The van der Waals surface area contributed by atoms with Crippen molar-refractivity contribution in [1.29, 1.82) is 0 Å². The normalized spacial score (nSPS) is 11.3. The van der Waals surface area contributed by atoms with E-state index < -0.39 is 0 Å². The van der Waals surface area contributed by atoms with Crippen LogP contribution in [0, 0.1) is 6.92 Å². The van der Waals surface area contributed by atoms with Gasteiger partial charge in [0.05, 0.1) is 22.7 Å². The molecule has 0 aliphatic rings. The van der Waals surface area contributed by atoms with E-state index in [9.17, 15) is 0 Å². The second kappa shape index (κ2) is 8.16. The van der Waals surface area contributed by atoms with E-state index in [2.05, 4.69) is 20.5 Å². The first-order valence-corrected chi connectivity index (χ1v) is 8.39. The molecule has 130 valence electrons. The molecule has 3 rings (SSSR count). The minimum atomic E-state index is 0.784. The molecular weight excluding hydrogens is 322 g/mol. The summed E-state index contributed by atoms with van der Waals surface area (Å²) in [6, 6.07) is 23.4. The Bertz CT molecular complexity index is 913. The average molecular weight is 343 g/mol. The predicted octanol–water partition coefficient (Wildman–Crippen LogP) is 6.89. The van der Waals surface area contributed by atoms with Crippen molar-refractivity contribution in [2.75, 3.05) is 19.0 Å². The molecule has 0 aliphatic carbocycles. The molecule has 0 heterocycles. The number of benzene rings is 3. The van der Waals surface area contributed by atoms with Crippen LogP contribution in [0.3, 0.4) is 0 Å². The molecular formula is C21H21N5. The zero-order valence-corrected chi connectivity index (χ0v) is 15.2. The summed E-state index contributed by atoms with van der Waals surface area (Å²) in [6.45, 7) is 1.98. The highest BCUT2D eigenvalue weighted by atomic mass is 15.1. The fraction of sp³-hybridized carbons (Fsp3) is 0.143. The number of rotatable bonds is 5. The van der Waals surface area contributed by atoms with Crippen LogP contribution in [0.1, 0.15) is 5.56 Å². The lowest BCUT2D eigenvalue weighted by atomic mass is 10.2. The van der Waals surface area contributed by atoms with E-state index in [0.29, 0.717) is 0 Å². The molecule has 0 unspecified atom stereocenters. The molecule has 0 fully saturated rings. The SMILES string of the molecule is Cc1c(N=Nc2ccccc2)cccc1N=Nc1ccc(N(C)C)cc1. The molecule has 3 aromatic rings. The first-order chi connectivity index (χ1) is 12.6. The van der Waals surface area contributed by atoms with E-state index in [1.807, 2.05) is 98.7 Å². The summed E-state index contributed by atoms with van der Waals surface area (Å²) in [4.78, 5) is 2.05. The Hall–Kier alpha value is -3.34. The second-order valence-corrected chi connectivity index (χ2v) is 6.07. The van der Waals surface area contributed by atoms with Crippen molar-refractivity contribution in [3.05, 3.63) is 78.4 Å². The Balaban J connectivity index is 1.79. The van der Waals surface area contributed by atoms with Gasteiger partial charge in [-0.25, -0.2) is 0 Å². The van der Waals surface area contributed by atoms with Crippen LogP contribution in [0.2, 0.25) is 0 Å². The molecule has 0 aromatic heterocycles. The molecule has 0 radical (unpaired) electrons. The molecule has 0 N–H and O–H groups in total. The third-order valence-corrected chi connectivity index (χ3v) is 3.95. The largest absolute Gasteiger partial charge is 0.378 e. The van der Waals surface area contributed by atoms with E-state index in [4.69, 9.17) is 0 Å². The Labute approximate surface area is 153 Å². The van der Waals surface area contributed by atoms with Gasteiger partial charge < -0.3 is 4.90 Å². The maximum Gasteiger partial charge on any atom is 0.0908 e. The van der Waals surface area contributed by atoms with Gasteiger partial charge in [0.1, 0.15) is 0 Å². The predicted molar refractivity (Wildman–Crippen MR) is 107 cm³/mol. The van der Waals surface area contributed by atoms with Crippen LogP contribution < -0.4 is 4.90 Å². The van der Waals surface area contributed by atoms with Gasteiger partial charge in [0.15, 0.2) is 0 Å². The van der Waals surface area contributed by atoms with E-state index in [-0.39, 0.29) is 0 Å². The van der Waals surface area contributed by atoms with Crippen molar-refractivity contribution in [2.24, 2.45) is 20.5 Å². The summed E-state index contributed by atoms with van der Waals surface area (Å²) in [5, 5.41) is 17.3. The van der Waals surface area contributed by atoms with Gasteiger partial charge in [-0.3, -0.25) is 0 Å². The molecule has 0 spiro atoms. The van der Waals surface area contributed by atoms with Gasteiger partial charge in [0.25, 0.3) is 0 Å². The molecule has 0 atom stereocenters. The molecule has 0 aliphatic heterocycles. The van der Waals surface area contributed by atoms with Crippen LogP contribution in [0.4, 0.5) is 28.4 Å². The zero-order chi connectivity index (χ0) is 18.4. The van der Waals surface area contributed by atoms with Gasteiger partial charge in [-0.15, -0.1) is 0 Å². The Morgan fingerprint density at radius 1 is 0.577 bits per heavy atom. The lowest BCUT2D eigenvalue weighted by Gasteiger charge is -2.11. The number of anilines is 1. The lowest BCUT2D eigenvalue weighted by molar-refractivity contribution is 1.13. The van der Waals surface area contributed by atoms with E-state index in [1.54, 1.807) is 0 Å². The number of hydrogen-bond donors (Lipinski definition) is 0. The van der Waals surface area contributed by atoms with Gasteiger partial charge in [0.2, 0.25) is 0 Å². The smallest absolute Gasteiger partial charge is 0.0908 e. The average Bonchev–Trinajstić information content (AvgIpc) is 2.67. The first kappa shape index (κ1) is 17.5. The van der Waals surface area contributed by atoms with Gasteiger partial charge in [-0.1, -0.05) is 24.3 Å². The van der Waals surface area contributed by atoms with E-state index >= 15 is 0 Å². The van der Waals surface area contributed by atoms with Crippen molar-refractivity contribution >= 4 is 28.4 Å². The van der Waals surface area contributed by atoms with Gasteiger partial charge in [0, 0.05) is 25.3 Å². The summed E-state index contributed by atoms with van der Waals surface area (Å²) in [6.07, 6.45) is 0. The highest BCUT2D eigenvalue weighted by Gasteiger charge is 2.03. The number of hydrogen-bond acceptors (Lipinski definition) is 5. The molecule has 26 heavy (non-hydrogen) atoms. The van der Waals surface area contributed by atoms with Crippen molar-refractivity contribution in [2.45, 2.75) is 6.92 Å². The van der Waals surface area contributed by atoms with Crippen molar-refractivity contribution in [3.8, 4) is 0 Å². The summed E-state index contributed by atoms with van der Waals surface area (Å²) in [7, 11) is 4.02. The fourth-order valence-electron chi connectivity index (χ4n) is 2.36. The molecule has 0 amide bonds. The third kappa shape index (κ3) is 4.39. The van der Waals surface area contributed by atoms with Crippen LogP contribution in [-0.2, 0) is 0 Å². The Morgan fingerprint density at radius 3 is 1.65 bits per heavy atom. The van der Waals surface area contributed by atoms with Crippen LogP contribution in [0.25, 0.3) is 0 Å². The number of azo groups is 2.